The van der Waals surface area contributed by atoms with Gasteiger partial charge in [0.2, 0.25) is 0 Å². The largest absolute Gasteiger partial charge is 0.493 e. The van der Waals surface area contributed by atoms with Gasteiger partial charge in [0.1, 0.15) is 24.2 Å². The van der Waals surface area contributed by atoms with E-state index in [9.17, 15) is 0 Å². The number of ether oxygens (including phenoxy) is 2. The maximum Gasteiger partial charge on any atom is 0.138 e. The van der Waals surface area contributed by atoms with Gasteiger partial charge in [-0.05, 0) is 43.9 Å². The smallest absolute Gasteiger partial charge is 0.138 e. The van der Waals surface area contributed by atoms with Crippen LogP contribution in [0.25, 0.3) is 5.76 Å². The minimum Gasteiger partial charge on any atom is -0.493 e. The van der Waals surface area contributed by atoms with Crippen LogP contribution in [0.15, 0.2) is 60.2 Å². The Bertz CT molecular complexity index is 778. The maximum atomic E-state index is 6.52. The van der Waals surface area contributed by atoms with Crippen molar-refractivity contribution in [1.29, 1.82) is 0 Å². The first-order valence-corrected chi connectivity index (χ1v) is 10.3. The Balaban J connectivity index is 1.70. The molecule has 0 spiro atoms. The van der Waals surface area contributed by atoms with Crippen molar-refractivity contribution in [2.45, 2.75) is 38.7 Å². The van der Waals surface area contributed by atoms with Gasteiger partial charge in [-0.25, -0.2) is 0 Å². The lowest BCUT2D eigenvalue weighted by Crippen LogP contribution is -3.13. The van der Waals surface area contributed by atoms with Crippen LogP contribution >= 0.6 is 0 Å². The highest BCUT2D eigenvalue weighted by molar-refractivity contribution is 5.71. The van der Waals surface area contributed by atoms with Crippen LogP contribution in [0.2, 0.25) is 0 Å². The van der Waals surface area contributed by atoms with Crippen LogP contribution in [0.1, 0.15) is 37.3 Å². The molecule has 3 heteroatoms. The van der Waals surface area contributed by atoms with Crippen molar-refractivity contribution < 1.29 is 14.4 Å². The zero-order valence-corrected chi connectivity index (χ0v) is 16.2. The molecule has 1 N–H and O–H groups in total. The molecule has 2 aliphatic heterocycles. The average molecular weight is 365 g/mol. The summed E-state index contributed by atoms with van der Waals surface area (Å²) in [4.78, 5) is 1.66. The molecular formula is C24H30NO2+. The predicted octanol–water partition coefficient (Wildman–Crippen LogP) is 3.51. The number of nitrogens with one attached hydrogen (secondary N) is 1. The van der Waals surface area contributed by atoms with Gasteiger partial charge < -0.3 is 14.4 Å². The molecule has 0 radical (unpaired) electrons. The minimum atomic E-state index is 0.0401. The van der Waals surface area contributed by atoms with E-state index in [0.717, 1.165) is 30.0 Å². The van der Waals surface area contributed by atoms with Gasteiger partial charge in [0, 0.05) is 6.42 Å². The number of quaternary nitrogens is 1. The third-order valence-corrected chi connectivity index (χ3v) is 5.63. The molecule has 2 aromatic carbocycles. The van der Waals surface area contributed by atoms with Crippen molar-refractivity contribution in [3.8, 4) is 5.75 Å². The molecule has 1 fully saturated rings. The molecule has 3 nitrogen and oxygen atoms in total. The second-order valence-electron chi connectivity index (χ2n) is 7.57. The number of rotatable bonds is 6. The molecule has 2 aliphatic rings. The van der Waals surface area contributed by atoms with E-state index < -0.39 is 0 Å². The third-order valence-electron chi connectivity index (χ3n) is 5.63. The third kappa shape index (κ3) is 4.19. The Morgan fingerprint density at radius 3 is 2.48 bits per heavy atom. The van der Waals surface area contributed by atoms with E-state index in [4.69, 9.17) is 9.47 Å². The summed E-state index contributed by atoms with van der Waals surface area (Å²) in [5.74, 6) is 2.00. The summed E-state index contributed by atoms with van der Waals surface area (Å²) in [7, 11) is 0. The van der Waals surface area contributed by atoms with Gasteiger partial charge in [-0.1, -0.05) is 42.5 Å². The van der Waals surface area contributed by atoms with Gasteiger partial charge in [0.15, 0.2) is 0 Å². The fraction of sp³-hybridized carbons (Fsp3) is 0.417. The summed E-state index contributed by atoms with van der Waals surface area (Å²) < 4.78 is 12.7. The van der Waals surface area contributed by atoms with E-state index >= 15 is 0 Å². The zero-order valence-electron chi connectivity index (χ0n) is 16.2. The van der Waals surface area contributed by atoms with Crippen molar-refractivity contribution in [2.24, 2.45) is 0 Å². The SMILES string of the molecule is CCOC1=C(C[NH+]2CCCCC2)C(Cc2ccccc2)Oc2ccccc21. The normalized spacial score (nSPS) is 20.1. The van der Waals surface area contributed by atoms with Crippen LogP contribution in [0.3, 0.4) is 0 Å². The summed E-state index contributed by atoms with van der Waals surface area (Å²) in [6, 6.07) is 19.0. The summed E-state index contributed by atoms with van der Waals surface area (Å²) in [5.41, 5.74) is 3.75. The standard InChI is InChI=1S/C24H29NO2/c1-2-26-24-20-13-7-8-14-22(20)27-23(17-19-11-5-3-6-12-19)21(24)18-25-15-9-4-10-16-25/h3,5-8,11-14,23H,2,4,9-10,15-18H2,1H3/p+1. The lowest BCUT2D eigenvalue weighted by atomic mass is 9.93. The Morgan fingerprint density at radius 1 is 0.963 bits per heavy atom. The number of fused-ring (bicyclic) bond motifs is 1. The molecule has 1 unspecified atom stereocenters. The monoisotopic (exact) mass is 364 g/mol. The van der Waals surface area contributed by atoms with Crippen LogP contribution in [0, 0.1) is 0 Å². The Hall–Kier alpha value is -2.26. The van der Waals surface area contributed by atoms with E-state index in [-0.39, 0.29) is 6.10 Å². The Kier molecular flexibility index (Phi) is 5.78. The fourth-order valence-corrected chi connectivity index (χ4v) is 4.30. The van der Waals surface area contributed by atoms with E-state index in [2.05, 4.69) is 55.5 Å². The van der Waals surface area contributed by atoms with Crippen LogP contribution in [0.5, 0.6) is 5.75 Å². The quantitative estimate of drug-likeness (QED) is 0.848. The molecule has 1 saturated heterocycles. The van der Waals surface area contributed by atoms with Crippen molar-refractivity contribution in [3.63, 3.8) is 0 Å². The van der Waals surface area contributed by atoms with E-state index in [0.29, 0.717) is 6.61 Å². The molecule has 142 valence electrons. The first-order valence-electron chi connectivity index (χ1n) is 10.3. The van der Waals surface area contributed by atoms with E-state index in [1.165, 1.54) is 43.5 Å². The number of likely N-dealkylation sites (tertiary alicyclic amines) is 1. The van der Waals surface area contributed by atoms with Crippen molar-refractivity contribution in [3.05, 3.63) is 71.3 Å². The van der Waals surface area contributed by atoms with E-state index in [1.807, 2.05) is 6.07 Å². The van der Waals surface area contributed by atoms with Gasteiger partial charge >= 0.3 is 0 Å². The lowest BCUT2D eigenvalue weighted by molar-refractivity contribution is -0.900. The summed E-state index contributed by atoms with van der Waals surface area (Å²) >= 11 is 0. The molecule has 2 aromatic rings. The average Bonchev–Trinajstić information content (AvgIpc) is 2.72. The Morgan fingerprint density at radius 2 is 1.70 bits per heavy atom. The molecule has 4 rings (SSSR count). The molecule has 0 bridgehead atoms. The van der Waals surface area contributed by atoms with Crippen LogP contribution in [0.4, 0.5) is 0 Å². The highest BCUT2D eigenvalue weighted by Crippen LogP contribution is 2.37. The highest BCUT2D eigenvalue weighted by Gasteiger charge is 2.33. The van der Waals surface area contributed by atoms with Gasteiger partial charge in [-0.3, -0.25) is 0 Å². The van der Waals surface area contributed by atoms with Crippen LogP contribution in [-0.4, -0.2) is 32.3 Å². The Labute approximate surface area is 162 Å². The lowest BCUT2D eigenvalue weighted by Gasteiger charge is -2.33. The van der Waals surface area contributed by atoms with Crippen molar-refractivity contribution >= 4 is 5.76 Å². The number of hydrogen-bond acceptors (Lipinski definition) is 2. The minimum absolute atomic E-state index is 0.0401. The van der Waals surface area contributed by atoms with Crippen LogP contribution < -0.4 is 9.64 Å². The zero-order chi connectivity index (χ0) is 18.5. The van der Waals surface area contributed by atoms with Gasteiger partial charge in [0.05, 0.1) is 30.8 Å². The van der Waals surface area contributed by atoms with E-state index in [1.54, 1.807) is 4.90 Å². The molecule has 0 saturated carbocycles. The maximum absolute atomic E-state index is 6.52. The number of benzene rings is 2. The first kappa shape index (κ1) is 18.1. The van der Waals surface area contributed by atoms with Gasteiger partial charge in [-0.15, -0.1) is 0 Å². The fourth-order valence-electron chi connectivity index (χ4n) is 4.30. The topological polar surface area (TPSA) is 22.9 Å². The number of hydrogen-bond donors (Lipinski definition) is 1. The van der Waals surface area contributed by atoms with Crippen LogP contribution in [-0.2, 0) is 11.2 Å². The van der Waals surface area contributed by atoms with Gasteiger partial charge in [-0.2, -0.15) is 0 Å². The molecule has 0 amide bonds. The molecule has 1 atom stereocenters. The molecule has 0 aliphatic carbocycles. The predicted molar refractivity (Wildman–Crippen MR) is 109 cm³/mol. The summed E-state index contributed by atoms with van der Waals surface area (Å²) in [6.07, 6.45) is 4.95. The number of para-hydroxylation sites is 1. The first-order chi connectivity index (χ1) is 13.3. The van der Waals surface area contributed by atoms with Crippen molar-refractivity contribution in [2.75, 3.05) is 26.2 Å². The summed E-state index contributed by atoms with van der Waals surface area (Å²) in [6.45, 7) is 6.27. The molecule has 2 heterocycles. The summed E-state index contributed by atoms with van der Waals surface area (Å²) in [5, 5.41) is 0. The second-order valence-corrected chi connectivity index (χ2v) is 7.57. The van der Waals surface area contributed by atoms with Crippen molar-refractivity contribution in [1.82, 2.24) is 0 Å². The molecular weight excluding hydrogens is 334 g/mol. The molecule has 0 aromatic heterocycles. The van der Waals surface area contributed by atoms with Gasteiger partial charge in [0.25, 0.3) is 0 Å². The highest BCUT2D eigenvalue weighted by atomic mass is 16.5. The number of piperidine rings is 1. The second kappa shape index (κ2) is 8.62. The molecule has 27 heavy (non-hydrogen) atoms.